The summed E-state index contributed by atoms with van der Waals surface area (Å²) in [5.74, 6) is 0.777. The Bertz CT molecular complexity index is 835. The van der Waals surface area contributed by atoms with E-state index in [1.807, 2.05) is 37.3 Å². The largest absolute Gasteiger partial charge is 0.399 e. The van der Waals surface area contributed by atoms with Crippen molar-refractivity contribution in [1.82, 2.24) is 9.97 Å². The van der Waals surface area contributed by atoms with Crippen molar-refractivity contribution in [3.05, 3.63) is 72.2 Å². The zero-order valence-corrected chi connectivity index (χ0v) is 16.2. The van der Waals surface area contributed by atoms with Gasteiger partial charge in [-0.05, 0) is 63.4 Å². The summed E-state index contributed by atoms with van der Waals surface area (Å²) in [5, 5.41) is 0. The van der Waals surface area contributed by atoms with E-state index < -0.39 is 0 Å². The van der Waals surface area contributed by atoms with Crippen LogP contribution in [0, 0.1) is 13.8 Å². The standard InChI is InChI=1S/C12H17N.C11H11N3/c1-11-5-7-12(8-6-11)13-9-3-2-4-10-13;1-8-13-7-6-11(14-8)9-2-4-10(12)5-3-9/h5-8H,2-4,9-10H2,1H3;2-7H,12H2,1H3. The van der Waals surface area contributed by atoms with Crippen LogP contribution in [0.1, 0.15) is 30.7 Å². The molecule has 1 aliphatic heterocycles. The third-order valence-corrected chi connectivity index (χ3v) is 4.74. The first-order chi connectivity index (χ1) is 13.1. The molecule has 0 atom stereocenters. The quantitative estimate of drug-likeness (QED) is 0.652. The molecule has 1 fully saturated rings. The third kappa shape index (κ3) is 5.55. The molecule has 0 bridgehead atoms. The van der Waals surface area contributed by atoms with Crippen LogP contribution < -0.4 is 10.6 Å². The third-order valence-electron chi connectivity index (χ3n) is 4.74. The number of aromatic nitrogens is 2. The molecule has 27 heavy (non-hydrogen) atoms. The number of hydrogen-bond acceptors (Lipinski definition) is 4. The smallest absolute Gasteiger partial charge is 0.125 e. The number of hydrogen-bond donors (Lipinski definition) is 1. The van der Waals surface area contributed by atoms with Crippen molar-refractivity contribution in [3.8, 4) is 11.3 Å². The van der Waals surface area contributed by atoms with Crippen molar-refractivity contribution in [2.24, 2.45) is 0 Å². The van der Waals surface area contributed by atoms with Gasteiger partial charge in [0.05, 0.1) is 5.69 Å². The van der Waals surface area contributed by atoms with Gasteiger partial charge in [0.15, 0.2) is 0 Å². The van der Waals surface area contributed by atoms with Gasteiger partial charge in [0, 0.05) is 36.2 Å². The van der Waals surface area contributed by atoms with Crippen LogP contribution in [0.3, 0.4) is 0 Å². The van der Waals surface area contributed by atoms with Gasteiger partial charge in [0.1, 0.15) is 5.82 Å². The second-order valence-corrected chi connectivity index (χ2v) is 6.99. The number of anilines is 2. The molecule has 4 nitrogen and oxygen atoms in total. The van der Waals surface area contributed by atoms with E-state index >= 15 is 0 Å². The Morgan fingerprint density at radius 3 is 2.11 bits per heavy atom. The monoisotopic (exact) mass is 360 g/mol. The van der Waals surface area contributed by atoms with Gasteiger partial charge in [0.2, 0.25) is 0 Å². The molecule has 0 amide bonds. The van der Waals surface area contributed by atoms with Crippen molar-refractivity contribution in [2.45, 2.75) is 33.1 Å². The van der Waals surface area contributed by atoms with Gasteiger partial charge >= 0.3 is 0 Å². The van der Waals surface area contributed by atoms with Gasteiger partial charge in [0.25, 0.3) is 0 Å². The molecular formula is C23H28N4. The summed E-state index contributed by atoms with van der Waals surface area (Å²) in [6.45, 7) is 6.49. The van der Waals surface area contributed by atoms with Crippen LogP contribution in [0.5, 0.6) is 0 Å². The van der Waals surface area contributed by atoms with Gasteiger partial charge < -0.3 is 10.6 Å². The predicted molar refractivity (Wildman–Crippen MR) is 114 cm³/mol. The van der Waals surface area contributed by atoms with Crippen LogP contribution in [0.4, 0.5) is 11.4 Å². The summed E-state index contributed by atoms with van der Waals surface area (Å²) in [5.41, 5.74) is 11.1. The molecule has 0 aliphatic carbocycles. The van der Waals surface area contributed by atoms with Gasteiger partial charge in [-0.3, -0.25) is 0 Å². The second kappa shape index (κ2) is 9.17. The van der Waals surface area contributed by atoms with Gasteiger partial charge in [-0.2, -0.15) is 0 Å². The van der Waals surface area contributed by atoms with E-state index in [9.17, 15) is 0 Å². The van der Waals surface area contributed by atoms with Crippen molar-refractivity contribution >= 4 is 11.4 Å². The molecule has 0 spiro atoms. The first-order valence-electron chi connectivity index (χ1n) is 9.59. The summed E-state index contributed by atoms with van der Waals surface area (Å²) in [7, 11) is 0. The second-order valence-electron chi connectivity index (χ2n) is 6.99. The molecule has 0 saturated carbocycles. The number of aryl methyl sites for hydroxylation is 2. The van der Waals surface area contributed by atoms with Crippen LogP contribution in [-0.4, -0.2) is 23.1 Å². The normalized spacial score (nSPS) is 13.6. The van der Waals surface area contributed by atoms with E-state index in [4.69, 9.17) is 5.73 Å². The lowest BCUT2D eigenvalue weighted by atomic mass is 10.1. The summed E-state index contributed by atoms with van der Waals surface area (Å²) in [4.78, 5) is 10.9. The molecule has 0 unspecified atom stereocenters. The summed E-state index contributed by atoms with van der Waals surface area (Å²) in [6, 6.07) is 18.4. The number of nitrogen functional groups attached to an aromatic ring is 1. The van der Waals surface area contributed by atoms with Crippen LogP contribution >= 0.6 is 0 Å². The van der Waals surface area contributed by atoms with Crippen molar-refractivity contribution in [2.75, 3.05) is 23.7 Å². The molecule has 1 saturated heterocycles. The Morgan fingerprint density at radius 1 is 0.815 bits per heavy atom. The average Bonchev–Trinajstić information content (AvgIpc) is 2.70. The van der Waals surface area contributed by atoms with Crippen molar-refractivity contribution in [1.29, 1.82) is 0 Å². The highest BCUT2D eigenvalue weighted by atomic mass is 15.1. The van der Waals surface area contributed by atoms with E-state index in [0.717, 1.165) is 22.8 Å². The van der Waals surface area contributed by atoms with E-state index in [1.165, 1.54) is 43.6 Å². The SMILES string of the molecule is Cc1ccc(N2CCCCC2)cc1.Cc1nccc(-c2ccc(N)cc2)n1. The zero-order chi connectivity index (χ0) is 19.1. The van der Waals surface area contributed by atoms with E-state index in [1.54, 1.807) is 6.20 Å². The Kier molecular flexibility index (Phi) is 6.42. The first-order valence-corrected chi connectivity index (χ1v) is 9.59. The fourth-order valence-electron chi connectivity index (χ4n) is 3.18. The van der Waals surface area contributed by atoms with E-state index in [2.05, 4.69) is 46.1 Å². The molecule has 0 radical (unpaired) electrons. The van der Waals surface area contributed by atoms with Crippen molar-refractivity contribution < 1.29 is 0 Å². The Labute approximate surface area is 162 Å². The fourth-order valence-corrected chi connectivity index (χ4v) is 3.18. The van der Waals surface area contributed by atoms with Crippen LogP contribution in [0.25, 0.3) is 11.3 Å². The summed E-state index contributed by atoms with van der Waals surface area (Å²) < 4.78 is 0. The number of nitrogens with zero attached hydrogens (tertiary/aromatic N) is 3. The number of piperidine rings is 1. The Morgan fingerprint density at radius 2 is 1.48 bits per heavy atom. The molecule has 1 aromatic heterocycles. The van der Waals surface area contributed by atoms with Gasteiger partial charge in [-0.1, -0.05) is 29.8 Å². The minimum absolute atomic E-state index is 0.763. The minimum atomic E-state index is 0.763. The maximum atomic E-state index is 5.60. The highest BCUT2D eigenvalue weighted by Crippen LogP contribution is 2.20. The lowest BCUT2D eigenvalue weighted by molar-refractivity contribution is 0.578. The topological polar surface area (TPSA) is 55.0 Å². The number of nitrogens with two attached hydrogens (primary N) is 1. The molecule has 140 valence electrons. The molecular weight excluding hydrogens is 332 g/mol. The van der Waals surface area contributed by atoms with Crippen molar-refractivity contribution in [3.63, 3.8) is 0 Å². The molecule has 1 aliphatic rings. The van der Waals surface area contributed by atoms with Gasteiger partial charge in [-0.15, -0.1) is 0 Å². The highest BCUT2D eigenvalue weighted by molar-refractivity contribution is 5.61. The molecule has 4 heteroatoms. The molecule has 2 heterocycles. The summed E-state index contributed by atoms with van der Waals surface area (Å²) >= 11 is 0. The highest BCUT2D eigenvalue weighted by Gasteiger charge is 2.09. The Balaban J connectivity index is 0.000000156. The lowest BCUT2D eigenvalue weighted by Crippen LogP contribution is -2.29. The predicted octanol–water partition coefficient (Wildman–Crippen LogP) is 5.02. The lowest BCUT2D eigenvalue weighted by Gasteiger charge is -2.28. The number of benzene rings is 2. The average molecular weight is 361 g/mol. The maximum absolute atomic E-state index is 5.60. The maximum Gasteiger partial charge on any atom is 0.125 e. The Hall–Kier alpha value is -2.88. The van der Waals surface area contributed by atoms with Crippen LogP contribution in [-0.2, 0) is 0 Å². The molecule has 2 N–H and O–H groups in total. The summed E-state index contributed by atoms with van der Waals surface area (Å²) in [6.07, 6.45) is 5.87. The first kappa shape index (κ1) is 18.9. The van der Waals surface area contributed by atoms with Crippen LogP contribution in [0.2, 0.25) is 0 Å². The van der Waals surface area contributed by atoms with E-state index in [-0.39, 0.29) is 0 Å². The molecule has 2 aromatic carbocycles. The molecule has 3 aromatic rings. The number of rotatable bonds is 2. The minimum Gasteiger partial charge on any atom is -0.399 e. The fraction of sp³-hybridized carbons (Fsp3) is 0.304. The van der Waals surface area contributed by atoms with Gasteiger partial charge in [-0.25, -0.2) is 9.97 Å². The van der Waals surface area contributed by atoms with E-state index in [0.29, 0.717) is 0 Å². The molecule has 4 rings (SSSR count). The van der Waals surface area contributed by atoms with Crippen LogP contribution in [0.15, 0.2) is 60.8 Å². The zero-order valence-electron chi connectivity index (χ0n) is 16.2.